The molecule has 112 valence electrons. The molecule has 1 amide bonds. The van der Waals surface area contributed by atoms with Gasteiger partial charge in [0.25, 0.3) is 5.91 Å². The van der Waals surface area contributed by atoms with Gasteiger partial charge in [-0.1, -0.05) is 19.8 Å². The van der Waals surface area contributed by atoms with Crippen LogP contribution in [0.15, 0.2) is 23.1 Å². The predicted molar refractivity (Wildman–Crippen MR) is 76.2 cm³/mol. The lowest BCUT2D eigenvalue weighted by Gasteiger charge is -2.10. The molecule has 7 heteroatoms. The van der Waals surface area contributed by atoms with Gasteiger partial charge in [0, 0.05) is 6.54 Å². The predicted octanol–water partition coefficient (Wildman–Crippen LogP) is 1.26. The van der Waals surface area contributed by atoms with E-state index in [1.807, 2.05) is 0 Å². The average Bonchev–Trinajstić information content (AvgIpc) is 2.41. The molecule has 0 bridgehead atoms. The van der Waals surface area contributed by atoms with Crippen LogP contribution in [0.3, 0.4) is 0 Å². The minimum Gasteiger partial charge on any atom is -0.496 e. The Hall–Kier alpha value is -1.60. The van der Waals surface area contributed by atoms with Gasteiger partial charge in [-0.15, -0.1) is 0 Å². The topological polar surface area (TPSA) is 98.5 Å². The number of amides is 1. The van der Waals surface area contributed by atoms with Crippen LogP contribution in [0.2, 0.25) is 0 Å². The van der Waals surface area contributed by atoms with E-state index < -0.39 is 10.0 Å². The van der Waals surface area contributed by atoms with Crippen molar-refractivity contribution in [1.29, 1.82) is 0 Å². The molecule has 20 heavy (non-hydrogen) atoms. The van der Waals surface area contributed by atoms with Crippen molar-refractivity contribution in [1.82, 2.24) is 5.32 Å². The summed E-state index contributed by atoms with van der Waals surface area (Å²) in [5, 5.41) is 7.79. The summed E-state index contributed by atoms with van der Waals surface area (Å²) in [4.78, 5) is 11.9. The number of unbranched alkanes of at least 4 members (excludes halogenated alkanes) is 2. The summed E-state index contributed by atoms with van der Waals surface area (Å²) >= 11 is 0. The Bertz CT molecular complexity index is 570. The zero-order chi connectivity index (χ0) is 15.2. The van der Waals surface area contributed by atoms with Gasteiger partial charge in [0.2, 0.25) is 10.0 Å². The van der Waals surface area contributed by atoms with Crippen molar-refractivity contribution in [2.75, 3.05) is 13.7 Å². The first-order valence-electron chi connectivity index (χ1n) is 6.39. The molecule has 0 aromatic heterocycles. The number of hydrogen-bond acceptors (Lipinski definition) is 4. The van der Waals surface area contributed by atoms with Crippen molar-refractivity contribution < 1.29 is 17.9 Å². The van der Waals surface area contributed by atoms with Crippen LogP contribution in [-0.2, 0) is 10.0 Å². The molecule has 0 aliphatic carbocycles. The minimum absolute atomic E-state index is 0.114. The number of hydrogen-bond donors (Lipinski definition) is 2. The summed E-state index contributed by atoms with van der Waals surface area (Å²) in [5.41, 5.74) is 0.163. The van der Waals surface area contributed by atoms with Crippen LogP contribution in [0.5, 0.6) is 5.75 Å². The maximum atomic E-state index is 12.0. The van der Waals surface area contributed by atoms with E-state index in [1.54, 1.807) is 0 Å². The van der Waals surface area contributed by atoms with Gasteiger partial charge in [0.05, 0.1) is 17.6 Å². The second-order valence-electron chi connectivity index (χ2n) is 4.37. The highest BCUT2D eigenvalue weighted by Gasteiger charge is 2.16. The fraction of sp³-hybridized carbons (Fsp3) is 0.462. The van der Waals surface area contributed by atoms with E-state index in [4.69, 9.17) is 9.88 Å². The minimum atomic E-state index is -3.85. The summed E-state index contributed by atoms with van der Waals surface area (Å²) < 4.78 is 27.7. The number of carbonyl (C=O) groups excluding carboxylic acids is 1. The SMILES string of the molecule is CCCCCNC(=O)c1cc(S(N)(=O)=O)ccc1OC. The number of primary sulfonamides is 1. The van der Waals surface area contributed by atoms with Crippen molar-refractivity contribution in [2.45, 2.75) is 31.1 Å². The van der Waals surface area contributed by atoms with Crippen LogP contribution in [0.25, 0.3) is 0 Å². The summed E-state index contributed by atoms with van der Waals surface area (Å²) in [7, 11) is -2.43. The molecule has 1 aromatic rings. The van der Waals surface area contributed by atoms with Crippen molar-refractivity contribution in [3.8, 4) is 5.75 Å². The van der Waals surface area contributed by atoms with Crippen molar-refractivity contribution >= 4 is 15.9 Å². The third kappa shape index (κ3) is 4.50. The molecule has 0 radical (unpaired) electrons. The fourth-order valence-electron chi connectivity index (χ4n) is 1.71. The van der Waals surface area contributed by atoms with E-state index in [0.717, 1.165) is 19.3 Å². The largest absolute Gasteiger partial charge is 0.496 e. The van der Waals surface area contributed by atoms with Gasteiger partial charge in [0.1, 0.15) is 5.75 Å². The highest BCUT2D eigenvalue weighted by molar-refractivity contribution is 7.89. The maximum absolute atomic E-state index is 12.0. The maximum Gasteiger partial charge on any atom is 0.255 e. The first kappa shape index (κ1) is 16.5. The number of sulfonamides is 1. The molecular weight excluding hydrogens is 280 g/mol. The third-order valence-electron chi connectivity index (χ3n) is 2.81. The van der Waals surface area contributed by atoms with Crippen LogP contribution in [0, 0.1) is 0 Å². The second-order valence-corrected chi connectivity index (χ2v) is 5.93. The van der Waals surface area contributed by atoms with Crippen molar-refractivity contribution in [3.05, 3.63) is 23.8 Å². The van der Waals surface area contributed by atoms with Crippen LogP contribution in [-0.4, -0.2) is 28.0 Å². The molecule has 0 spiro atoms. The number of methoxy groups -OCH3 is 1. The Kier molecular flexibility index (Phi) is 5.97. The quantitative estimate of drug-likeness (QED) is 0.741. The van der Waals surface area contributed by atoms with E-state index in [0.29, 0.717) is 12.3 Å². The lowest BCUT2D eigenvalue weighted by Crippen LogP contribution is -2.25. The van der Waals surface area contributed by atoms with Gasteiger partial charge in [-0.3, -0.25) is 4.79 Å². The van der Waals surface area contributed by atoms with E-state index in [-0.39, 0.29) is 16.4 Å². The van der Waals surface area contributed by atoms with Gasteiger partial charge in [-0.25, -0.2) is 13.6 Å². The van der Waals surface area contributed by atoms with E-state index in [2.05, 4.69) is 12.2 Å². The van der Waals surface area contributed by atoms with Crippen LogP contribution >= 0.6 is 0 Å². The first-order chi connectivity index (χ1) is 9.40. The third-order valence-corrected chi connectivity index (χ3v) is 3.72. The number of rotatable bonds is 7. The Morgan fingerprint density at radius 1 is 1.35 bits per heavy atom. The standard InChI is InChI=1S/C13H20N2O4S/c1-3-4-5-8-15-13(16)11-9-10(20(14,17)18)6-7-12(11)19-2/h6-7,9H,3-5,8H2,1-2H3,(H,15,16)(H2,14,17,18). The van der Waals surface area contributed by atoms with Gasteiger partial charge in [0.15, 0.2) is 0 Å². The van der Waals surface area contributed by atoms with E-state index >= 15 is 0 Å². The normalized spacial score (nSPS) is 11.2. The first-order valence-corrected chi connectivity index (χ1v) is 7.93. The molecule has 3 N–H and O–H groups in total. The Morgan fingerprint density at radius 2 is 2.05 bits per heavy atom. The average molecular weight is 300 g/mol. The molecule has 0 atom stereocenters. The number of benzene rings is 1. The zero-order valence-electron chi connectivity index (χ0n) is 11.7. The fourth-order valence-corrected chi connectivity index (χ4v) is 2.25. The molecule has 0 aliphatic heterocycles. The smallest absolute Gasteiger partial charge is 0.255 e. The highest BCUT2D eigenvalue weighted by atomic mass is 32.2. The highest BCUT2D eigenvalue weighted by Crippen LogP contribution is 2.21. The Labute approximate surface area is 119 Å². The van der Waals surface area contributed by atoms with Gasteiger partial charge >= 0.3 is 0 Å². The number of nitrogens with one attached hydrogen (secondary N) is 1. The second kappa shape index (κ2) is 7.25. The number of carbonyl (C=O) groups is 1. The molecule has 0 fully saturated rings. The lowest BCUT2D eigenvalue weighted by atomic mass is 10.2. The zero-order valence-corrected chi connectivity index (χ0v) is 12.5. The van der Waals surface area contributed by atoms with Crippen LogP contribution < -0.4 is 15.2 Å². The molecular formula is C13H20N2O4S. The van der Waals surface area contributed by atoms with Crippen LogP contribution in [0.4, 0.5) is 0 Å². The summed E-state index contributed by atoms with van der Waals surface area (Å²) in [6, 6.07) is 3.95. The Balaban J connectivity index is 2.93. The molecule has 0 saturated carbocycles. The molecule has 1 aromatic carbocycles. The number of ether oxygens (including phenoxy) is 1. The summed E-state index contributed by atoms with van der Waals surface area (Å²) in [5.74, 6) is -0.0613. The van der Waals surface area contributed by atoms with Gasteiger partial charge < -0.3 is 10.1 Å². The van der Waals surface area contributed by atoms with E-state index in [1.165, 1.54) is 25.3 Å². The Morgan fingerprint density at radius 3 is 2.60 bits per heavy atom. The summed E-state index contributed by atoms with van der Waals surface area (Å²) in [6.07, 6.45) is 2.95. The number of nitrogens with two attached hydrogens (primary N) is 1. The van der Waals surface area contributed by atoms with Gasteiger partial charge in [-0.2, -0.15) is 0 Å². The van der Waals surface area contributed by atoms with Crippen molar-refractivity contribution in [3.63, 3.8) is 0 Å². The monoisotopic (exact) mass is 300 g/mol. The molecule has 1 rings (SSSR count). The molecule has 6 nitrogen and oxygen atoms in total. The molecule has 0 saturated heterocycles. The van der Waals surface area contributed by atoms with Crippen LogP contribution in [0.1, 0.15) is 36.5 Å². The van der Waals surface area contributed by atoms with Crippen molar-refractivity contribution in [2.24, 2.45) is 5.14 Å². The van der Waals surface area contributed by atoms with Gasteiger partial charge in [-0.05, 0) is 24.6 Å². The molecule has 0 heterocycles. The summed E-state index contributed by atoms with van der Waals surface area (Å²) in [6.45, 7) is 2.61. The molecule has 0 unspecified atom stereocenters. The lowest BCUT2D eigenvalue weighted by molar-refractivity contribution is 0.0949. The molecule has 0 aliphatic rings. The van der Waals surface area contributed by atoms with E-state index in [9.17, 15) is 13.2 Å².